The number of nitrogens with one attached hydrogen (secondary N) is 1. The van der Waals surface area contributed by atoms with Crippen molar-refractivity contribution in [1.29, 1.82) is 0 Å². The average molecular weight is 453 g/mol. The number of amides is 1. The summed E-state index contributed by atoms with van der Waals surface area (Å²) in [7, 11) is 0. The van der Waals surface area contributed by atoms with Crippen LogP contribution < -0.4 is 5.32 Å². The van der Waals surface area contributed by atoms with E-state index in [1.54, 1.807) is 11.3 Å². The smallest absolute Gasteiger partial charge is 0.231 e. The van der Waals surface area contributed by atoms with Crippen molar-refractivity contribution in [2.45, 2.75) is 24.8 Å². The Balaban J connectivity index is 1.32. The first-order valence-electron chi connectivity index (χ1n) is 10.2. The zero-order valence-electron chi connectivity index (χ0n) is 16.8. The molecule has 1 amide bonds. The standard InChI is InChI=1S/C24H21ClN2O3S/c25-17-7-5-16(6-8-17)24(11-13-29-14-12-24)23(28)26-15-18-9-10-20(30-18)22-27-19-3-1-2-4-21(19)31-22/h1-10H,11-15H2,(H,26,28). The number of carbonyl (C=O) groups is 1. The number of benzene rings is 2. The van der Waals surface area contributed by atoms with E-state index < -0.39 is 5.41 Å². The van der Waals surface area contributed by atoms with E-state index in [4.69, 9.17) is 20.8 Å². The zero-order valence-corrected chi connectivity index (χ0v) is 18.3. The molecule has 0 spiro atoms. The van der Waals surface area contributed by atoms with Crippen molar-refractivity contribution in [1.82, 2.24) is 10.3 Å². The molecular formula is C24H21ClN2O3S. The molecule has 0 atom stereocenters. The van der Waals surface area contributed by atoms with E-state index in [1.165, 1.54) is 0 Å². The molecule has 0 bridgehead atoms. The lowest BCUT2D eigenvalue weighted by Crippen LogP contribution is -2.47. The molecule has 1 aliphatic heterocycles. The Hall–Kier alpha value is -2.67. The highest BCUT2D eigenvalue weighted by atomic mass is 35.5. The molecule has 0 saturated carbocycles. The number of nitrogens with zero attached hydrogens (tertiary/aromatic N) is 1. The molecule has 5 rings (SSSR count). The van der Waals surface area contributed by atoms with Gasteiger partial charge >= 0.3 is 0 Å². The van der Waals surface area contributed by atoms with Crippen molar-refractivity contribution in [3.05, 3.63) is 77.0 Å². The molecule has 158 valence electrons. The Morgan fingerprint density at radius 3 is 2.61 bits per heavy atom. The van der Waals surface area contributed by atoms with Gasteiger partial charge in [0.2, 0.25) is 5.91 Å². The summed E-state index contributed by atoms with van der Waals surface area (Å²) in [6.45, 7) is 1.43. The SMILES string of the molecule is O=C(NCc1ccc(-c2nc3ccccc3s2)o1)C1(c2ccc(Cl)cc2)CCOCC1. The van der Waals surface area contributed by atoms with Crippen LogP contribution in [0.1, 0.15) is 24.2 Å². The maximum Gasteiger partial charge on any atom is 0.231 e. The quantitative estimate of drug-likeness (QED) is 0.429. The third kappa shape index (κ3) is 3.99. The number of halogens is 1. The summed E-state index contributed by atoms with van der Waals surface area (Å²) in [6.07, 6.45) is 1.27. The van der Waals surface area contributed by atoms with E-state index in [9.17, 15) is 4.79 Å². The number of fused-ring (bicyclic) bond motifs is 1. The number of aromatic nitrogens is 1. The van der Waals surface area contributed by atoms with Gasteiger partial charge in [-0.2, -0.15) is 0 Å². The summed E-state index contributed by atoms with van der Waals surface area (Å²) in [5.74, 6) is 1.39. The predicted molar refractivity (Wildman–Crippen MR) is 122 cm³/mol. The number of hydrogen-bond donors (Lipinski definition) is 1. The fourth-order valence-electron chi connectivity index (χ4n) is 4.04. The molecule has 7 heteroatoms. The van der Waals surface area contributed by atoms with Crippen LogP contribution in [0, 0.1) is 0 Å². The van der Waals surface area contributed by atoms with Gasteiger partial charge in [-0.1, -0.05) is 35.9 Å². The van der Waals surface area contributed by atoms with E-state index in [0.29, 0.717) is 49.1 Å². The van der Waals surface area contributed by atoms with E-state index in [0.717, 1.165) is 20.8 Å². The highest BCUT2D eigenvalue weighted by molar-refractivity contribution is 7.21. The van der Waals surface area contributed by atoms with Crippen molar-refractivity contribution < 1.29 is 13.9 Å². The van der Waals surface area contributed by atoms with Crippen molar-refractivity contribution in [3.63, 3.8) is 0 Å². The largest absolute Gasteiger partial charge is 0.457 e. The average Bonchev–Trinajstić information content (AvgIpc) is 3.45. The molecule has 1 N–H and O–H groups in total. The lowest BCUT2D eigenvalue weighted by Gasteiger charge is -2.36. The van der Waals surface area contributed by atoms with Crippen LogP contribution >= 0.6 is 22.9 Å². The number of hydrogen-bond acceptors (Lipinski definition) is 5. The molecular weight excluding hydrogens is 432 g/mol. The Morgan fingerprint density at radius 1 is 1.06 bits per heavy atom. The summed E-state index contributed by atoms with van der Waals surface area (Å²) in [4.78, 5) is 18.0. The van der Waals surface area contributed by atoms with E-state index in [1.807, 2.05) is 60.7 Å². The van der Waals surface area contributed by atoms with Gasteiger partial charge in [0.1, 0.15) is 5.76 Å². The van der Waals surface area contributed by atoms with Gasteiger partial charge < -0.3 is 14.5 Å². The van der Waals surface area contributed by atoms with Crippen molar-refractivity contribution in [3.8, 4) is 10.8 Å². The van der Waals surface area contributed by atoms with Crippen LogP contribution in [0.25, 0.3) is 21.0 Å². The molecule has 1 saturated heterocycles. The third-order valence-electron chi connectivity index (χ3n) is 5.77. The molecule has 2 aromatic carbocycles. The third-order valence-corrected chi connectivity index (χ3v) is 7.07. The number of para-hydroxylation sites is 1. The minimum absolute atomic E-state index is 0.0175. The van der Waals surface area contributed by atoms with Crippen LogP contribution in [0.15, 0.2) is 65.1 Å². The Bertz CT molecular complexity index is 1180. The van der Waals surface area contributed by atoms with Gasteiger partial charge in [0.05, 0.1) is 22.2 Å². The second kappa shape index (κ2) is 8.46. The lowest BCUT2D eigenvalue weighted by atomic mass is 9.73. The maximum absolute atomic E-state index is 13.3. The summed E-state index contributed by atoms with van der Waals surface area (Å²) in [5.41, 5.74) is 1.30. The second-order valence-corrected chi connectivity index (χ2v) is 9.10. The fraction of sp³-hybridized carbons (Fsp3) is 0.250. The van der Waals surface area contributed by atoms with E-state index in [2.05, 4.69) is 10.3 Å². The van der Waals surface area contributed by atoms with Crippen molar-refractivity contribution in [2.75, 3.05) is 13.2 Å². The summed E-state index contributed by atoms with van der Waals surface area (Å²) >= 11 is 7.65. The highest BCUT2D eigenvalue weighted by Gasteiger charge is 2.41. The summed E-state index contributed by atoms with van der Waals surface area (Å²) in [5, 5.41) is 4.57. The molecule has 2 aromatic heterocycles. The molecule has 31 heavy (non-hydrogen) atoms. The van der Waals surface area contributed by atoms with Crippen LogP contribution in [0.3, 0.4) is 0 Å². The minimum atomic E-state index is -0.620. The molecule has 0 radical (unpaired) electrons. The van der Waals surface area contributed by atoms with Crippen LogP contribution in [0.5, 0.6) is 0 Å². The van der Waals surface area contributed by atoms with Crippen LogP contribution in [-0.2, 0) is 21.5 Å². The molecule has 0 unspecified atom stereocenters. The van der Waals surface area contributed by atoms with Gasteiger partial charge in [-0.05, 0) is 54.8 Å². The monoisotopic (exact) mass is 452 g/mol. The first-order valence-corrected chi connectivity index (χ1v) is 11.4. The number of carbonyl (C=O) groups excluding carboxylic acids is 1. The molecule has 4 aromatic rings. The minimum Gasteiger partial charge on any atom is -0.457 e. The first kappa shape index (κ1) is 20.2. The Labute approximate surface area is 189 Å². The van der Waals surface area contributed by atoms with Crippen molar-refractivity contribution in [2.24, 2.45) is 0 Å². The van der Waals surface area contributed by atoms with Crippen LogP contribution in [-0.4, -0.2) is 24.1 Å². The summed E-state index contributed by atoms with van der Waals surface area (Å²) in [6, 6.07) is 19.3. The number of ether oxygens (including phenoxy) is 1. The van der Waals surface area contributed by atoms with Gasteiger partial charge in [0.15, 0.2) is 10.8 Å². The Kier molecular flexibility index (Phi) is 5.52. The van der Waals surface area contributed by atoms with Gasteiger partial charge in [0.25, 0.3) is 0 Å². The topological polar surface area (TPSA) is 64.4 Å². The van der Waals surface area contributed by atoms with Gasteiger partial charge in [-0.3, -0.25) is 4.79 Å². The number of rotatable bonds is 5. The zero-order chi connectivity index (χ0) is 21.3. The van der Waals surface area contributed by atoms with Gasteiger partial charge in [-0.25, -0.2) is 4.98 Å². The molecule has 5 nitrogen and oxygen atoms in total. The predicted octanol–water partition coefficient (Wildman–Crippen LogP) is 5.57. The lowest BCUT2D eigenvalue weighted by molar-refractivity contribution is -0.130. The molecule has 0 aliphatic carbocycles. The number of furan rings is 1. The van der Waals surface area contributed by atoms with E-state index in [-0.39, 0.29) is 5.91 Å². The van der Waals surface area contributed by atoms with Crippen LogP contribution in [0.2, 0.25) is 5.02 Å². The second-order valence-electron chi connectivity index (χ2n) is 7.64. The normalized spacial score (nSPS) is 15.8. The van der Waals surface area contributed by atoms with Crippen molar-refractivity contribution >= 4 is 39.1 Å². The molecule has 1 aliphatic rings. The summed E-state index contributed by atoms with van der Waals surface area (Å²) < 4.78 is 12.6. The van der Waals surface area contributed by atoms with E-state index >= 15 is 0 Å². The van der Waals surface area contributed by atoms with Gasteiger partial charge in [0, 0.05) is 18.2 Å². The van der Waals surface area contributed by atoms with Gasteiger partial charge in [-0.15, -0.1) is 11.3 Å². The molecule has 1 fully saturated rings. The first-order chi connectivity index (χ1) is 15.1. The van der Waals surface area contributed by atoms with Crippen LogP contribution in [0.4, 0.5) is 0 Å². The fourth-order valence-corrected chi connectivity index (χ4v) is 5.09. The molecule has 3 heterocycles. The Morgan fingerprint density at radius 2 is 1.84 bits per heavy atom. The number of thiazole rings is 1. The maximum atomic E-state index is 13.3. The highest BCUT2D eigenvalue weighted by Crippen LogP contribution is 2.36.